The predicted molar refractivity (Wildman–Crippen MR) is 93.2 cm³/mol. The molecule has 0 unspecified atom stereocenters. The largest absolute Gasteiger partial charge is 0.355 e. The van der Waals surface area contributed by atoms with E-state index >= 15 is 0 Å². The summed E-state index contributed by atoms with van der Waals surface area (Å²) >= 11 is 11.8. The van der Waals surface area contributed by atoms with Crippen molar-refractivity contribution in [3.8, 4) is 0 Å². The summed E-state index contributed by atoms with van der Waals surface area (Å²) in [7, 11) is 1.55. The first-order valence-corrected chi connectivity index (χ1v) is 7.81. The van der Waals surface area contributed by atoms with Gasteiger partial charge >= 0.3 is 0 Å². The molecule has 0 heterocycles. The van der Waals surface area contributed by atoms with Crippen LogP contribution in [0.5, 0.6) is 0 Å². The van der Waals surface area contributed by atoms with Crippen molar-refractivity contribution < 1.29 is 9.59 Å². The molecule has 6 heteroatoms. The second kappa shape index (κ2) is 7.99. The van der Waals surface area contributed by atoms with Gasteiger partial charge in [0.05, 0.1) is 21.3 Å². The van der Waals surface area contributed by atoms with E-state index in [1.807, 2.05) is 6.07 Å². The van der Waals surface area contributed by atoms with Gasteiger partial charge in [-0.3, -0.25) is 9.59 Å². The first-order valence-electron chi connectivity index (χ1n) is 7.06. The quantitative estimate of drug-likeness (QED) is 0.858. The van der Waals surface area contributed by atoms with Crippen molar-refractivity contribution in [3.05, 3.63) is 63.6 Å². The molecular weight excluding hydrogens is 335 g/mol. The third-order valence-electron chi connectivity index (χ3n) is 3.30. The van der Waals surface area contributed by atoms with Crippen LogP contribution in [0, 0.1) is 0 Å². The number of hydrogen-bond acceptors (Lipinski definition) is 2. The van der Waals surface area contributed by atoms with Crippen LogP contribution in [-0.2, 0) is 11.2 Å². The van der Waals surface area contributed by atoms with Crippen LogP contribution in [0.2, 0.25) is 10.0 Å². The molecule has 2 aromatic carbocycles. The third kappa shape index (κ3) is 4.71. The number of amides is 2. The standard InChI is InChI=1S/C17H16Cl2N2O2/c1-20-17(23)12-4-2-3-5-15(12)21-16(22)9-7-11-6-8-13(18)14(19)10-11/h2-6,8,10H,7,9H2,1H3,(H,20,23)(H,21,22). The zero-order chi connectivity index (χ0) is 16.8. The lowest BCUT2D eigenvalue weighted by Gasteiger charge is -2.10. The van der Waals surface area contributed by atoms with E-state index < -0.39 is 0 Å². The molecule has 2 aromatic rings. The van der Waals surface area contributed by atoms with Gasteiger partial charge < -0.3 is 10.6 Å². The van der Waals surface area contributed by atoms with E-state index in [9.17, 15) is 9.59 Å². The first kappa shape index (κ1) is 17.3. The number of nitrogens with one attached hydrogen (secondary N) is 2. The number of halogens is 2. The molecule has 0 fully saturated rings. The second-order valence-electron chi connectivity index (χ2n) is 4.92. The van der Waals surface area contributed by atoms with Gasteiger partial charge in [-0.05, 0) is 36.2 Å². The molecule has 0 saturated carbocycles. The summed E-state index contributed by atoms with van der Waals surface area (Å²) in [4.78, 5) is 23.9. The summed E-state index contributed by atoms with van der Waals surface area (Å²) in [5.74, 6) is -0.419. The fourth-order valence-electron chi connectivity index (χ4n) is 2.09. The van der Waals surface area contributed by atoms with Gasteiger partial charge in [-0.25, -0.2) is 0 Å². The van der Waals surface area contributed by atoms with E-state index in [2.05, 4.69) is 10.6 Å². The Hall–Kier alpha value is -2.04. The van der Waals surface area contributed by atoms with Crippen molar-refractivity contribution in [2.75, 3.05) is 12.4 Å². The maximum atomic E-state index is 12.1. The Morgan fingerprint density at radius 2 is 1.78 bits per heavy atom. The number of anilines is 1. The summed E-state index contributed by atoms with van der Waals surface area (Å²) < 4.78 is 0. The second-order valence-corrected chi connectivity index (χ2v) is 5.74. The maximum absolute atomic E-state index is 12.1. The van der Waals surface area contributed by atoms with Gasteiger partial charge in [0, 0.05) is 13.5 Å². The molecule has 0 aliphatic rings. The van der Waals surface area contributed by atoms with Crippen molar-refractivity contribution in [2.24, 2.45) is 0 Å². The number of benzene rings is 2. The summed E-state index contributed by atoms with van der Waals surface area (Å²) in [5, 5.41) is 6.26. The molecule has 2 N–H and O–H groups in total. The average molecular weight is 351 g/mol. The molecule has 0 aliphatic carbocycles. The minimum absolute atomic E-state index is 0.174. The molecule has 0 bridgehead atoms. The van der Waals surface area contributed by atoms with E-state index in [0.29, 0.717) is 27.7 Å². The van der Waals surface area contributed by atoms with Gasteiger partial charge in [-0.1, -0.05) is 41.4 Å². The van der Waals surface area contributed by atoms with Crippen LogP contribution in [0.4, 0.5) is 5.69 Å². The lowest BCUT2D eigenvalue weighted by molar-refractivity contribution is -0.116. The maximum Gasteiger partial charge on any atom is 0.253 e. The highest BCUT2D eigenvalue weighted by Crippen LogP contribution is 2.23. The zero-order valence-electron chi connectivity index (χ0n) is 12.5. The average Bonchev–Trinajstić information content (AvgIpc) is 2.55. The van der Waals surface area contributed by atoms with Crippen molar-refractivity contribution in [1.29, 1.82) is 0 Å². The van der Waals surface area contributed by atoms with E-state index in [1.165, 1.54) is 0 Å². The molecule has 2 amide bonds. The predicted octanol–water partition coefficient (Wildman–Crippen LogP) is 3.92. The molecule has 0 aromatic heterocycles. The zero-order valence-corrected chi connectivity index (χ0v) is 14.0. The van der Waals surface area contributed by atoms with Gasteiger partial charge in [0.1, 0.15) is 0 Å². The Bertz CT molecular complexity index is 732. The summed E-state index contributed by atoms with van der Waals surface area (Å²) in [6.07, 6.45) is 0.810. The van der Waals surface area contributed by atoms with Crippen molar-refractivity contribution in [2.45, 2.75) is 12.8 Å². The molecule has 4 nitrogen and oxygen atoms in total. The number of carbonyl (C=O) groups is 2. The minimum Gasteiger partial charge on any atom is -0.355 e. The van der Waals surface area contributed by atoms with Gasteiger partial charge in [-0.2, -0.15) is 0 Å². The number of hydrogen-bond donors (Lipinski definition) is 2. The van der Waals surface area contributed by atoms with Gasteiger partial charge in [0.2, 0.25) is 5.91 Å². The first-order chi connectivity index (χ1) is 11.0. The number of rotatable bonds is 5. The van der Waals surface area contributed by atoms with Crippen LogP contribution >= 0.6 is 23.2 Å². The number of carbonyl (C=O) groups excluding carboxylic acids is 2. The molecule has 0 radical (unpaired) electrons. The minimum atomic E-state index is -0.245. The van der Waals surface area contributed by atoms with E-state index in [4.69, 9.17) is 23.2 Å². The Morgan fingerprint density at radius 1 is 1.04 bits per heavy atom. The lowest BCUT2D eigenvalue weighted by Crippen LogP contribution is -2.21. The molecular formula is C17H16Cl2N2O2. The van der Waals surface area contributed by atoms with Gasteiger partial charge in [-0.15, -0.1) is 0 Å². The highest BCUT2D eigenvalue weighted by Gasteiger charge is 2.11. The number of para-hydroxylation sites is 1. The lowest BCUT2D eigenvalue weighted by atomic mass is 10.1. The molecule has 0 spiro atoms. The van der Waals surface area contributed by atoms with Crippen LogP contribution in [0.15, 0.2) is 42.5 Å². The van der Waals surface area contributed by atoms with Gasteiger partial charge in [0.15, 0.2) is 0 Å². The van der Waals surface area contributed by atoms with Crippen LogP contribution in [0.25, 0.3) is 0 Å². The van der Waals surface area contributed by atoms with E-state index in [1.54, 1.807) is 43.4 Å². The Labute approximate surface area is 144 Å². The number of aryl methyl sites for hydroxylation is 1. The van der Waals surface area contributed by atoms with E-state index in [0.717, 1.165) is 5.56 Å². The van der Waals surface area contributed by atoms with Crippen molar-refractivity contribution >= 4 is 40.7 Å². The Morgan fingerprint density at radius 3 is 2.48 bits per heavy atom. The third-order valence-corrected chi connectivity index (χ3v) is 4.04. The molecule has 120 valence electrons. The highest BCUT2D eigenvalue weighted by molar-refractivity contribution is 6.42. The monoisotopic (exact) mass is 350 g/mol. The SMILES string of the molecule is CNC(=O)c1ccccc1NC(=O)CCc1ccc(Cl)c(Cl)c1. The molecule has 0 saturated heterocycles. The van der Waals surface area contributed by atoms with Gasteiger partial charge in [0.25, 0.3) is 5.91 Å². The normalized spacial score (nSPS) is 10.2. The molecule has 23 heavy (non-hydrogen) atoms. The fraction of sp³-hybridized carbons (Fsp3) is 0.176. The summed E-state index contributed by atoms with van der Waals surface area (Å²) in [6, 6.07) is 12.2. The highest BCUT2D eigenvalue weighted by atomic mass is 35.5. The summed E-state index contributed by atoms with van der Waals surface area (Å²) in [5.41, 5.74) is 1.85. The van der Waals surface area contributed by atoms with Crippen LogP contribution in [-0.4, -0.2) is 18.9 Å². The van der Waals surface area contributed by atoms with Crippen molar-refractivity contribution in [1.82, 2.24) is 5.32 Å². The van der Waals surface area contributed by atoms with Crippen LogP contribution in [0.3, 0.4) is 0 Å². The molecule has 2 rings (SSSR count). The fourth-order valence-corrected chi connectivity index (χ4v) is 2.41. The Balaban J connectivity index is 2.00. The Kier molecular flexibility index (Phi) is 6.02. The van der Waals surface area contributed by atoms with E-state index in [-0.39, 0.29) is 18.2 Å². The molecule has 0 atom stereocenters. The topological polar surface area (TPSA) is 58.2 Å². The summed E-state index contributed by atoms with van der Waals surface area (Å²) in [6.45, 7) is 0. The smallest absolute Gasteiger partial charge is 0.253 e. The van der Waals surface area contributed by atoms with Crippen LogP contribution in [0.1, 0.15) is 22.3 Å². The van der Waals surface area contributed by atoms with Crippen LogP contribution < -0.4 is 10.6 Å². The molecule has 0 aliphatic heterocycles. The van der Waals surface area contributed by atoms with Crippen molar-refractivity contribution in [3.63, 3.8) is 0 Å².